The molecule has 7 nitrogen and oxygen atoms in total. The third kappa shape index (κ3) is 4.62. The van der Waals surface area contributed by atoms with Gasteiger partial charge in [0, 0.05) is 29.3 Å². The van der Waals surface area contributed by atoms with Gasteiger partial charge in [-0.2, -0.15) is 31.4 Å². The highest BCUT2D eigenvalue weighted by Crippen LogP contribution is 2.43. The van der Waals surface area contributed by atoms with Crippen LogP contribution in [-0.2, 0) is 16.8 Å². The van der Waals surface area contributed by atoms with Gasteiger partial charge in [-0.15, -0.1) is 0 Å². The average molecular weight is 514 g/mol. The average Bonchev–Trinajstić information content (AvgIpc) is 3.41. The van der Waals surface area contributed by atoms with E-state index >= 15 is 0 Å². The van der Waals surface area contributed by atoms with Gasteiger partial charge in [0.2, 0.25) is 0 Å². The molecule has 1 saturated heterocycles. The molecule has 0 radical (unpaired) electrons. The summed E-state index contributed by atoms with van der Waals surface area (Å²) >= 11 is 0. The van der Waals surface area contributed by atoms with Crippen molar-refractivity contribution >= 4 is 28.3 Å². The maximum Gasteiger partial charge on any atom is 0.490 e. The van der Waals surface area contributed by atoms with E-state index in [1.165, 1.54) is 12.4 Å². The minimum atomic E-state index is -5.08. The Labute approximate surface area is 200 Å². The molecule has 0 atom stereocenters. The van der Waals surface area contributed by atoms with Gasteiger partial charge in [0.15, 0.2) is 5.54 Å². The van der Waals surface area contributed by atoms with Crippen LogP contribution >= 0.6 is 0 Å². The fraction of sp³-hybridized carbons (Fsp3) is 0.348. The van der Waals surface area contributed by atoms with E-state index in [2.05, 4.69) is 15.7 Å². The summed E-state index contributed by atoms with van der Waals surface area (Å²) in [5.74, 6) is -2.89. The summed E-state index contributed by atoms with van der Waals surface area (Å²) in [6, 6.07) is 9.30. The molecule has 13 heteroatoms. The largest absolute Gasteiger partial charge is 0.490 e. The number of carbonyl (C=O) groups is 2. The van der Waals surface area contributed by atoms with E-state index in [0.717, 1.165) is 26.7 Å². The molecule has 36 heavy (non-hydrogen) atoms. The minimum absolute atomic E-state index is 0.0353. The number of aromatic nitrogens is 2. The van der Waals surface area contributed by atoms with Gasteiger partial charge in [0.05, 0.1) is 6.20 Å². The molecule has 1 aromatic heterocycles. The highest BCUT2D eigenvalue weighted by Gasteiger charge is 2.57. The number of hydrogen-bond donors (Lipinski definition) is 3. The molecule has 0 unspecified atom stereocenters. The predicted octanol–water partition coefficient (Wildman–Crippen LogP) is 4.47. The van der Waals surface area contributed by atoms with Crippen molar-refractivity contribution in [1.82, 2.24) is 15.1 Å². The van der Waals surface area contributed by atoms with Gasteiger partial charge in [-0.3, -0.25) is 9.48 Å². The second-order valence-corrected chi connectivity index (χ2v) is 8.51. The molecule has 0 bridgehead atoms. The number of carbonyl (C=O) groups excluding carboxylic acids is 1. The molecular formula is C23H20F6N4O3. The van der Waals surface area contributed by atoms with E-state index in [0.29, 0.717) is 30.6 Å². The number of benzene rings is 2. The second kappa shape index (κ2) is 9.12. The van der Waals surface area contributed by atoms with E-state index in [-0.39, 0.29) is 18.7 Å². The standard InChI is InChI=1S/C21H19F3N4O.C2HF3O2/c22-21(23,24)20(6-8-25-9-7-20)28-12-13(11-26-28)10-14-4-5-17-18-15(14)2-1-3-16(18)19(29)27-17;3-2(4,5)1(6)7/h1-5,11-12,25H,6-10H2,(H,27,29);(H,6,7). The lowest BCUT2D eigenvalue weighted by Gasteiger charge is -2.39. The summed E-state index contributed by atoms with van der Waals surface area (Å²) in [6.45, 7) is 0.620. The normalized spacial score (nSPS) is 16.9. The van der Waals surface area contributed by atoms with E-state index in [4.69, 9.17) is 9.90 Å². The van der Waals surface area contributed by atoms with Gasteiger partial charge >= 0.3 is 18.3 Å². The van der Waals surface area contributed by atoms with Crippen molar-refractivity contribution in [2.24, 2.45) is 0 Å². The molecule has 0 aliphatic carbocycles. The molecule has 5 rings (SSSR count). The van der Waals surface area contributed by atoms with Crippen LogP contribution in [-0.4, -0.2) is 52.2 Å². The summed E-state index contributed by atoms with van der Waals surface area (Å²) in [7, 11) is 0. The summed E-state index contributed by atoms with van der Waals surface area (Å²) in [5.41, 5.74) is 1.10. The molecule has 3 heterocycles. The maximum absolute atomic E-state index is 13.9. The Balaban J connectivity index is 0.000000384. The third-order valence-corrected chi connectivity index (χ3v) is 6.29. The van der Waals surface area contributed by atoms with Crippen LogP contribution in [0.25, 0.3) is 10.8 Å². The lowest BCUT2D eigenvalue weighted by atomic mass is 9.87. The molecule has 2 aliphatic heterocycles. The van der Waals surface area contributed by atoms with E-state index in [1.54, 1.807) is 6.07 Å². The van der Waals surface area contributed by atoms with Gasteiger partial charge in [0.1, 0.15) is 0 Å². The van der Waals surface area contributed by atoms with Gasteiger partial charge in [-0.1, -0.05) is 18.2 Å². The van der Waals surface area contributed by atoms with E-state index in [1.807, 2.05) is 24.3 Å². The van der Waals surface area contributed by atoms with Crippen LogP contribution < -0.4 is 10.6 Å². The number of alkyl halides is 6. The third-order valence-electron chi connectivity index (χ3n) is 6.29. The lowest BCUT2D eigenvalue weighted by molar-refractivity contribution is -0.226. The number of carboxylic acid groups (broad SMARTS) is 1. The highest BCUT2D eigenvalue weighted by molar-refractivity contribution is 6.24. The number of rotatable bonds is 3. The smallest absolute Gasteiger partial charge is 0.475 e. The first-order valence-corrected chi connectivity index (χ1v) is 10.8. The topological polar surface area (TPSA) is 96.2 Å². The molecule has 3 aromatic rings. The van der Waals surface area contributed by atoms with Crippen LogP contribution in [0, 0.1) is 0 Å². The van der Waals surface area contributed by atoms with Gasteiger partial charge in [-0.25, -0.2) is 4.79 Å². The zero-order valence-corrected chi connectivity index (χ0v) is 18.5. The van der Waals surface area contributed by atoms with Crippen molar-refractivity contribution in [2.45, 2.75) is 37.2 Å². The Morgan fingerprint density at radius 2 is 1.75 bits per heavy atom. The Kier molecular flexibility index (Phi) is 6.45. The van der Waals surface area contributed by atoms with Crippen molar-refractivity contribution in [3.63, 3.8) is 0 Å². The Morgan fingerprint density at radius 3 is 2.36 bits per heavy atom. The monoisotopic (exact) mass is 514 g/mol. The number of carboxylic acids is 1. The molecule has 2 aromatic carbocycles. The molecule has 1 fully saturated rings. The number of halogens is 6. The zero-order valence-electron chi connectivity index (χ0n) is 18.5. The zero-order chi connectivity index (χ0) is 26.3. The molecule has 1 amide bonds. The van der Waals surface area contributed by atoms with Crippen LogP contribution in [0.2, 0.25) is 0 Å². The first kappa shape index (κ1) is 25.5. The number of amides is 1. The number of nitrogens with zero attached hydrogens (tertiary/aromatic N) is 2. The van der Waals surface area contributed by atoms with Gasteiger partial charge in [-0.05, 0) is 54.6 Å². The van der Waals surface area contributed by atoms with Crippen LogP contribution in [0.4, 0.5) is 32.0 Å². The Bertz CT molecular complexity index is 1310. The molecule has 2 aliphatic rings. The fourth-order valence-corrected chi connectivity index (χ4v) is 4.49. The fourth-order valence-electron chi connectivity index (χ4n) is 4.49. The highest BCUT2D eigenvalue weighted by atomic mass is 19.4. The van der Waals surface area contributed by atoms with Crippen molar-refractivity contribution in [1.29, 1.82) is 0 Å². The Hall–Kier alpha value is -3.61. The first-order valence-electron chi connectivity index (χ1n) is 10.8. The van der Waals surface area contributed by atoms with Crippen molar-refractivity contribution in [3.05, 3.63) is 59.4 Å². The van der Waals surface area contributed by atoms with Crippen LogP contribution in [0.5, 0.6) is 0 Å². The van der Waals surface area contributed by atoms with E-state index < -0.39 is 23.9 Å². The van der Waals surface area contributed by atoms with Crippen molar-refractivity contribution in [3.8, 4) is 0 Å². The van der Waals surface area contributed by atoms with Gasteiger partial charge < -0.3 is 15.7 Å². The van der Waals surface area contributed by atoms with Crippen molar-refractivity contribution < 1.29 is 41.0 Å². The SMILES string of the molecule is O=C(O)C(F)(F)F.O=C1Nc2ccc(Cc3cnn(C4(C(F)(F)F)CCNCC4)c3)c3cccc1c23. The lowest BCUT2D eigenvalue weighted by Crippen LogP contribution is -2.54. The Morgan fingerprint density at radius 1 is 1.08 bits per heavy atom. The molecule has 0 saturated carbocycles. The molecule has 3 N–H and O–H groups in total. The predicted molar refractivity (Wildman–Crippen MR) is 117 cm³/mol. The van der Waals surface area contributed by atoms with Crippen LogP contribution in [0.3, 0.4) is 0 Å². The minimum Gasteiger partial charge on any atom is -0.475 e. The number of aliphatic carboxylic acids is 1. The quantitative estimate of drug-likeness (QED) is 0.449. The number of nitrogens with one attached hydrogen (secondary N) is 2. The first-order chi connectivity index (χ1) is 16.8. The number of anilines is 1. The van der Waals surface area contributed by atoms with E-state index in [9.17, 15) is 31.1 Å². The van der Waals surface area contributed by atoms with Crippen LogP contribution in [0.15, 0.2) is 42.7 Å². The second-order valence-electron chi connectivity index (χ2n) is 8.51. The summed E-state index contributed by atoms with van der Waals surface area (Å²) < 4.78 is 74.6. The molecule has 192 valence electrons. The molecular weight excluding hydrogens is 494 g/mol. The summed E-state index contributed by atoms with van der Waals surface area (Å²) in [4.78, 5) is 21.0. The van der Waals surface area contributed by atoms with Crippen LogP contribution in [0.1, 0.15) is 34.3 Å². The maximum atomic E-state index is 13.9. The summed E-state index contributed by atoms with van der Waals surface area (Å²) in [5, 5.41) is 18.9. The van der Waals surface area contributed by atoms with Crippen molar-refractivity contribution in [2.75, 3.05) is 18.4 Å². The molecule has 0 spiro atoms. The number of hydrogen-bond acceptors (Lipinski definition) is 4. The summed E-state index contributed by atoms with van der Waals surface area (Å²) in [6.07, 6.45) is -6.04. The number of piperidine rings is 1. The van der Waals surface area contributed by atoms with Gasteiger partial charge in [0.25, 0.3) is 5.91 Å².